The van der Waals surface area contributed by atoms with Gasteiger partial charge in [-0.3, -0.25) is 10.1 Å². The number of benzene rings is 1. The van der Waals surface area contributed by atoms with Gasteiger partial charge in [0.05, 0.1) is 9.82 Å². The van der Waals surface area contributed by atoms with Crippen molar-refractivity contribution in [1.82, 2.24) is 0 Å². The first-order valence-electron chi connectivity index (χ1n) is 3.21. The molecule has 0 aliphatic carbocycles. The van der Waals surface area contributed by atoms with Gasteiger partial charge >= 0.3 is 0 Å². The summed E-state index contributed by atoms with van der Waals surface area (Å²) >= 11 is 1.68. The summed E-state index contributed by atoms with van der Waals surface area (Å²) < 4.78 is 22.1. The molecule has 0 atom stereocenters. The van der Waals surface area contributed by atoms with Crippen LogP contribution in [0.1, 0.15) is 0 Å². The van der Waals surface area contributed by atoms with Crippen LogP contribution in [-0.4, -0.2) is 13.3 Å². The summed E-state index contributed by atoms with van der Waals surface area (Å²) in [5.41, 5.74) is -0.168. The number of non-ortho nitro benzene ring substituents is 1. The highest BCUT2D eigenvalue weighted by molar-refractivity contribution is 14.1. The molecule has 0 fully saturated rings. The summed E-state index contributed by atoms with van der Waals surface area (Å²) in [5.74, 6) is 0. The van der Waals surface area contributed by atoms with Crippen molar-refractivity contribution in [1.29, 1.82) is 0 Å². The molecule has 0 aliphatic rings. The van der Waals surface area contributed by atoms with Crippen LogP contribution < -0.4 is 0 Å². The number of nitro groups is 1. The summed E-state index contributed by atoms with van der Waals surface area (Å²) in [6, 6.07) is 3.36. The van der Waals surface area contributed by atoms with Crippen LogP contribution >= 0.6 is 33.3 Å². The Morgan fingerprint density at radius 1 is 1.43 bits per heavy atom. The first kappa shape index (κ1) is 11.7. The maximum Gasteiger partial charge on any atom is 0.270 e. The van der Waals surface area contributed by atoms with E-state index in [2.05, 4.69) is 0 Å². The minimum absolute atomic E-state index is 0.120. The minimum Gasteiger partial charge on any atom is -0.258 e. The number of nitro benzene ring substituents is 1. The van der Waals surface area contributed by atoms with Crippen LogP contribution in [0.2, 0.25) is 0 Å². The standard InChI is InChI=1S/C6H3ClINO4S/c7-14(12,13)6-2-1-4(9(10)11)3-5(6)8/h1-3H. The zero-order chi connectivity index (χ0) is 10.9. The summed E-state index contributed by atoms with van der Waals surface area (Å²) in [6.07, 6.45) is 0. The van der Waals surface area contributed by atoms with Crippen LogP contribution in [0.25, 0.3) is 0 Å². The van der Waals surface area contributed by atoms with Gasteiger partial charge in [-0.1, -0.05) is 0 Å². The van der Waals surface area contributed by atoms with Crippen LogP contribution in [-0.2, 0) is 9.05 Å². The molecule has 1 aromatic rings. The fraction of sp³-hybridized carbons (Fsp3) is 0. The van der Waals surface area contributed by atoms with Gasteiger partial charge in [-0.05, 0) is 28.7 Å². The van der Waals surface area contributed by atoms with E-state index in [-0.39, 0.29) is 14.2 Å². The Bertz CT molecular complexity index is 487. The van der Waals surface area contributed by atoms with E-state index in [1.165, 1.54) is 0 Å². The Hall–Kier alpha value is -0.410. The second-order valence-corrected chi connectivity index (χ2v) is 6.01. The zero-order valence-electron chi connectivity index (χ0n) is 6.48. The van der Waals surface area contributed by atoms with Crippen LogP contribution in [0, 0.1) is 13.7 Å². The molecule has 14 heavy (non-hydrogen) atoms. The first-order valence-corrected chi connectivity index (χ1v) is 6.60. The molecule has 0 radical (unpaired) electrons. The maximum atomic E-state index is 10.9. The molecule has 0 bridgehead atoms. The van der Waals surface area contributed by atoms with E-state index in [1.807, 2.05) is 0 Å². The van der Waals surface area contributed by atoms with Crippen molar-refractivity contribution < 1.29 is 13.3 Å². The lowest BCUT2D eigenvalue weighted by atomic mass is 10.3. The monoisotopic (exact) mass is 347 g/mol. The summed E-state index contributed by atoms with van der Waals surface area (Å²) in [7, 11) is 1.26. The van der Waals surface area contributed by atoms with Crippen molar-refractivity contribution in [3.05, 3.63) is 31.9 Å². The quantitative estimate of drug-likeness (QED) is 0.355. The van der Waals surface area contributed by atoms with Gasteiger partial charge in [-0.2, -0.15) is 0 Å². The smallest absolute Gasteiger partial charge is 0.258 e. The summed E-state index contributed by atoms with van der Waals surface area (Å²) in [5, 5.41) is 10.3. The third-order valence-electron chi connectivity index (χ3n) is 1.39. The largest absolute Gasteiger partial charge is 0.270 e. The third kappa shape index (κ3) is 2.55. The van der Waals surface area contributed by atoms with E-state index in [4.69, 9.17) is 10.7 Å². The minimum atomic E-state index is -3.83. The zero-order valence-corrected chi connectivity index (χ0v) is 10.2. The lowest BCUT2D eigenvalue weighted by Crippen LogP contribution is -1.96. The topological polar surface area (TPSA) is 77.3 Å². The molecule has 8 heteroatoms. The molecule has 0 saturated carbocycles. The van der Waals surface area contributed by atoms with E-state index in [0.29, 0.717) is 0 Å². The van der Waals surface area contributed by atoms with E-state index in [1.54, 1.807) is 22.6 Å². The maximum absolute atomic E-state index is 10.9. The molecule has 1 aromatic carbocycles. The third-order valence-corrected chi connectivity index (χ3v) is 4.03. The van der Waals surface area contributed by atoms with E-state index >= 15 is 0 Å². The van der Waals surface area contributed by atoms with Crippen LogP contribution in [0.3, 0.4) is 0 Å². The SMILES string of the molecule is O=[N+]([O-])c1ccc(S(=O)(=O)Cl)c(I)c1. The van der Waals surface area contributed by atoms with Crippen molar-refractivity contribution in [3.8, 4) is 0 Å². The molecule has 0 saturated heterocycles. The number of halogens is 2. The molecular formula is C6H3ClINO4S. The Labute approximate surface area is 97.8 Å². The van der Waals surface area contributed by atoms with Gasteiger partial charge in [0.2, 0.25) is 0 Å². The Balaban J connectivity index is 3.35. The second-order valence-electron chi connectivity index (χ2n) is 2.31. The van der Waals surface area contributed by atoms with Crippen LogP contribution in [0.4, 0.5) is 5.69 Å². The molecule has 0 amide bonds. The molecular weight excluding hydrogens is 344 g/mol. The Kier molecular flexibility index (Phi) is 3.32. The van der Waals surface area contributed by atoms with Gasteiger partial charge < -0.3 is 0 Å². The molecule has 0 N–H and O–H groups in total. The fourth-order valence-electron chi connectivity index (χ4n) is 0.801. The van der Waals surface area contributed by atoms with Gasteiger partial charge in [0.1, 0.15) is 0 Å². The van der Waals surface area contributed by atoms with Crippen molar-refractivity contribution in [2.24, 2.45) is 0 Å². The van der Waals surface area contributed by atoms with Crippen molar-refractivity contribution in [3.63, 3.8) is 0 Å². The van der Waals surface area contributed by atoms with Gasteiger partial charge in [-0.25, -0.2) is 8.42 Å². The molecule has 1 rings (SSSR count). The molecule has 5 nitrogen and oxygen atoms in total. The number of hydrogen-bond acceptors (Lipinski definition) is 4. The first-order chi connectivity index (χ1) is 6.32. The average Bonchev–Trinajstić information content (AvgIpc) is 2.01. The average molecular weight is 348 g/mol. The normalized spacial score (nSPS) is 11.3. The highest BCUT2D eigenvalue weighted by Gasteiger charge is 2.17. The van der Waals surface area contributed by atoms with Gasteiger partial charge in [-0.15, -0.1) is 0 Å². The van der Waals surface area contributed by atoms with Crippen LogP contribution in [0.15, 0.2) is 23.1 Å². The number of rotatable bonds is 2. The van der Waals surface area contributed by atoms with E-state index < -0.39 is 14.0 Å². The van der Waals surface area contributed by atoms with Crippen LogP contribution in [0.5, 0.6) is 0 Å². The fourth-order valence-corrected chi connectivity index (χ4v) is 3.49. The predicted molar refractivity (Wildman–Crippen MR) is 58.9 cm³/mol. The van der Waals surface area contributed by atoms with E-state index in [9.17, 15) is 18.5 Å². The van der Waals surface area contributed by atoms with Crippen molar-refractivity contribution in [2.75, 3.05) is 0 Å². The van der Waals surface area contributed by atoms with Crippen molar-refractivity contribution >= 4 is 48.0 Å². The highest BCUT2D eigenvalue weighted by Crippen LogP contribution is 2.25. The summed E-state index contributed by atoms with van der Waals surface area (Å²) in [4.78, 5) is 9.61. The highest BCUT2D eigenvalue weighted by atomic mass is 127. The van der Waals surface area contributed by atoms with E-state index in [0.717, 1.165) is 18.2 Å². The Morgan fingerprint density at radius 2 is 2.00 bits per heavy atom. The number of nitrogens with zero attached hydrogens (tertiary/aromatic N) is 1. The Morgan fingerprint density at radius 3 is 2.36 bits per heavy atom. The molecule has 0 heterocycles. The van der Waals surface area contributed by atoms with Gasteiger partial charge in [0.25, 0.3) is 14.7 Å². The molecule has 0 spiro atoms. The lowest BCUT2D eigenvalue weighted by molar-refractivity contribution is -0.385. The van der Waals surface area contributed by atoms with Crippen molar-refractivity contribution in [2.45, 2.75) is 4.90 Å². The van der Waals surface area contributed by atoms with Gasteiger partial charge in [0, 0.05) is 26.4 Å². The summed E-state index contributed by atoms with van der Waals surface area (Å²) in [6.45, 7) is 0. The molecule has 0 unspecified atom stereocenters. The number of hydrogen-bond donors (Lipinski definition) is 0. The lowest BCUT2D eigenvalue weighted by Gasteiger charge is -1.99. The second kappa shape index (κ2) is 3.99. The molecule has 76 valence electrons. The molecule has 0 aromatic heterocycles. The van der Waals surface area contributed by atoms with Gasteiger partial charge in [0.15, 0.2) is 0 Å². The predicted octanol–water partition coefficient (Wildman–Crippen LogP) is 2.13. The molecule has 0 aliphatic heterocycles.